The molecule has 1 unspecified atom stereocenters. The monoisotopic (exact) mass is 292 g/mol. The van der Waals surface area contributed by atoms with Gasteiger partial charge in [0, 0.05) is 26.1 Å². The first-order chi connectivity index (χ1) is 10.1. The van der Waals surface area contributed by atoms with Gasteiger partial charge >= 0.3 is 0 Å². The normalized spacial score (nSPS) is 16.4. The fourth-order valence-electron chi connectivity index (χ4n) is 2.22. The van der Waals surface area contributed by atoms with Gasteiger partial charge in [0.2, 0.25) is 11.8 Å². The summed E-state index contributed by atoms with van der Waals surface area (Å²) in [6.07, 6.45) is 0.644. The third-order valence-corrected chi connectivity index (χ3v) is 3.35. The van der Waals surface area contributed by atoms with E-state index in [2.05, 4.69) is 10.6 Å². The summed E-state index contributed by atoms with van der Waals surface area (Å²) < 4.78 is 10.8. The molecule has 0 bridgehead atoms. The summed E-state index contributed by atoms with van der Waals surface area (Å²) in [7, 11) is 1.61. The standard InChI is InChI=1S/C15H20N2O4/c1-10(18)16-5-6-17-15(19)12-7-11-3-4-13(20-2)8-14(11)21-9-12/h3-4,8,12H,5-7,9H2,1-2H3,(H,16,18)(H,17,19). The van der Waals surface area contributed by atoms with Crippen LogP contribution in [-0.2, 0) is 16.0 Å². The van der Waals surface area contributed by atoms with Crippen molar-refractivity contribution in [1.29, 1.82) is 0 Å². The van der Waals surface area contributed by atoms with Gasteiger partial charge in [-0.25, -0.2) is 0 Å². The largest absolute Gasteiger partial charge is 0.497 e. The van der Waals surface area contributed by atoms with E-state index in [0.29, 0.717) is 26.1 Å². The average molecular weight is 292 g/mol. The average Bonchev–Trinajstić information content (AvgIpc) is 2.50. The molecular weight excluding hydrogens is 272 g/mol. The molecule has 1 atom stereocenters. The second-order valence-electron chi connectivity index (χ2n) is 4.96. The first-order valence-electron chi connectivity index (χ1n) is 6.92. The van der Waals surface area contributed by atoms with E-state index in [0.717, 1.165) is 17.1 Å². The van der Waals surface area contributed by atoms with Crippen LogP contribution < -0.4 is 20.1 Å². The summed E-state index contributed by atoms with van der Waals surface area (Å²) in [5.74, 6) is 1.15. The van der Waals surface area contributed by atoms with Crippen molar-refractivity contribution >= 4 is 11.8 Å². The smallest absolute Gasteiger partial charge is 0.226 e. The zero-order valence-corrected chi connectivity index (χ0v) is 12.3. The lowest BCUT2D eigenvalue weighted by Crippen LogP contribution is -2.40. The van der Waals surface area contributed by atoms with Crippen LogP contribution in [0.15, 0.2) is 18.2 Å². The van der Waals surface area contributed by atoms with Crippen molar-refractivity contribution in [2.75, 3.05) is 26.8 Å². The Morgan fingerprint density at radius 2 is 2.10 bits per heavy atom. The van der Waals surface area contributed by atoms with E-state index in [1.807, 2.05) is 18.2 Å². The Bertz CT molecular complexity index is 530. The summed E-state index contributed by atoms with van der Waals surface area (Å²) in [6, 6.07) is 5.62. The van der Waals surface area contributed by atoms with Gasteiger partial charge in [-0.3, -0.25) is 9.59 Å². The fourth-order valence-corrected chi connectivity index (χ4v) is 2.22. The maximum absolute atomic E-state index is 12.0. The van der Waals surface area contributed by atoms with Crippen molar-refractivity contribution < 1.29 is 19.1 Å². The predicted octanol–water partition coefficient (Wildman–Crippen LogP) is 0.499. The minimum atomic E-state index is -0.205. The number of ether oxygens (including phenoxy) is 2. The van der Waals surface area contributed by atoms with Crippen molar-refractivity contribution in [2.24, 2.45) is 5.92 Å². The van der Waals surface area contributed by atoms with Crippen LogP contribution in [0.2, 0.25) is 0 Å². The van der Waals surface area contributed by atoms with Gasteiger partial charge in [0.25, 0.3) is 0 Å². The molecule has 6 nitrogen and oxygen atoms in total. The minimum Gasteiger partial charge on any atom is -0.497 e. The van der Waals surface area contributed by atoms with Gasteiger partial charge in [-0.1, -0.05) is 6.07 Å². The lowest BCUT2D eigenvalue weighted by Gasteiger charge is -2.25. The summed E-state index contributed by atoms with van der Waals surface area (Å²) >= 11 is 0. The van der Waals surface area contributed by atoms with Crippen molar-refractivity contribution in [3.63, 3.8) is 0 Å². The molecule has 0 radical (unpaired) electrons. The molecule has 2 rings (SSSR count). The minimum absolute atomic E-state index is 0.0539. The second-order valence-corrected chi connectivity index (χ2v) is 4.96. The highest BCUT2D eigenvalue weighted by Crippen LogP contribution is 2.30. The summed E-state index contributed by atoms with van der Waals surface area (Å²) in [4.78, 5) is 22.8. The molecule has 0 saturated heterocycles. The highest BCUT2D eigenvalue weighted by molar-refractivity contribution is 5.79. The van der Waals surface area contributed by atoms with Crippen molar-refractivity contribution in [3.8, 4) is 11.5 Å². The first-order valence-corrected chi connectivity index (χ1v) is 6.92. The van der Waals surface area contributed by atoms with Gasteiger partial charge in [-0.2, -0.15) is 0 Å². The number of hydrogen-bond acceptors (Lipinski definition) is 4. The number of nitrogens with one attached hydrogen (secondary N) is 2. The number of methoxy groups -OCH3 is 1. The van der Waals surface area contributed by atoms with Gasteiger partial charge in [0.15, 0.2) is 0 Å². The molecule has 2 N–H and O–H groups in total. The number of benzene rings is 1. The van der Waals surface area contributed by atoms with Gasteiger partial charge in [-0.05, 0) is 18.1 Å². The Morgan fingerprint density at radius 3 is 2.81 bits per heavy atom. The highest BCUT2D eigenvalue weighted by Gasteiger charge is 2.25. The topological polar surface area (TPSA) is 76.7 Å². The van der Waals surface area contributed by atoms with Gasteiger partial charge < -0.3 is 20.1 Å². The van der Waals surface area contributed by atoms with E-state index in [-0.39, 0.29) is 17.7 Å². The molecule has 1 aromatic carbocycles. The number of rotatable bonds is 5. The van der Waals surface area contributed by atoms with Crippen LogP contribution in [0.3, 0.4) is 0 Å². The van der Waals surface area contributed by atoms with Gasteiger partial charge in [-0.15, -0.1) is 0 Å². The van der Waals surface area contributed by atoms with Crippen LogP contribution in [0, 0.1) is 5.92 Å². The number of carbonyl (C=O) groups excluding carboxylic acids is 2. The molecule has 0 saturated carbocycles. The van der Waals surface area contributed by atoms with Crippen LogP contribution in [0.1, 0.15) is 12.5 Å². The van der Waals surface area contributed by atoms with E-state index in [1.54, 1.807) is 7.11 Å². The molecular formula is C15H20N2O4. The Morgan fingerprint density at radius 1 is 1.33 bits per heavy atom. The van der Waals surface area contributed by atoms with Crippen LogP contribution in [0.25, 0.3) is 0 Å². The number of hydrogen-bond donors (Lipinski definition) is 2. The van der Waals surface area contributed by atoms with Crippen LogP contribution in [0.4, 0.5) is 0 Å². The quantitative estimate of drug-likeness (QED) is 0.775. The molecule has 2 amide bonds. The third-order valence-electron chi connectivity index (χ3n) is 3.35. The molecule has 0 spiro atoms. The number of carbonyl (C=O) groups is 2. The highest BCUT2D eigenvalue weighted by atomic mass is 16.5. The Balaban J connectivity index is 1.86. The van der Waals surface area contributed by atoms with Gasteiger partial charge in [0.05, 0.1) is 13.0 Å². The molecule has 0 aromatic heterocycles. The second kappa shape index (κ2) is 6.97. The van der Waals surface area contributed by atoms with E-state index >= 15 is 0 Å². The van der Waals surface area contributed by atoms with E-state index in [9.17, 15) is 9.59 Å². The Hall–Kier alpha value is -2.24. The molecule has 1 aliphatic rings. The predicted molar refractivity (Wildman–Crippen MR) is 77.4 cm³/mol. The van der Waals surface area contributed by atoms with Crippen molar-refractivity contribution in [2.45, 2.75) is 13.3 Å². The lowest BCUT2D eigenvalue weighted by atomic mass is 9.96. The molecule has 114 valence electrons. The van der Waals surface area contributed by atoms with Gasteiger partial charge in [0.1, 0.15) is 18.1 Å². The molecule has 1 aliphatic heterocycles. The molecule has 1 heterocycles. The van der Waals surface area contributed by atoms with Crippen LogP contribution >= 0.6 is 0 Å². The van der Waals surface area contributed by atoms with Crippen molar-refractivity contribution in [3.05, 3.63) is 23.8 Å². The van der Waals surface area contributed by atoms with Crippen LogP contribution in [-0.4, -0.2) is 38.6 Å². The summed E-state index contributed by atoms with van der Waals surface area (Å²) in [6.45, 7) is 2.65. The zero-order valence-electron chi connectivity index (χ0n) is 12.3. The molecule has 6 heteroatoms. The number of amides is 2. The van der Waals surface area contributed by atoms with E-state index in [4.69, 9.17) is 9.47 Å². The lowest BCUT2D eigenvalue weighted by molar-refractivity contribution is -0.126. The maximum Gasteiger partial charge on any atom is 0.226 e. The SMILES string of the molecule is COc1ccc2c(c1)OCC(C(=O)NCCNC(C)=O)C2. The maximum atomic E-state index is 12.0. The van der Waals surface area contributed by atoms with Crippen molar-refractivity contribution in [1.82, 2.24) is 10.6 Å². The van der Waals surface area contributed by atoms with E-state index in [1.165, 1.54) is 6.92 Å². The first kappa shape index (κ1) is 15.2. The third kappa shape index (κ3) is 4.11. The van der Waals surface area contributed by atoms with Crippen LogP contribution in [0.5, 0.6) is 11.5 Å². The molecule has 0 fully saturated rings. The molecule has 21 heavy (non-hydrogen) atoms. The molecule has 0 aliphatic carbocycles. The number of fused-ring (bicyclic) bond motifs is 1. The Labute approximate surface area is 123 Å². The fraction of sp³-hybridized carbons (Fsp3) is 0.467. The summed E-state index contributed by atoms with van der Waals surface area (Å²) in [5.41, 5.74) is 1.00. The summed E-state index contributed by atoms with van der Waals surface area (Å²) in [5, 5.41) is 5.44. The zero-order chi connectivity index (χ0) is 15.2. The molecule has 1 aromatic rings. The van der Waals surface area contributed by atoms with E-state index < -0.39 is 0 Å². The Kier molecular flexibility index (Phi) is 5.03.